The van der Waals surface area contributed by atoms with Crippen molar-refractivity contribution >= 4 is 5.78 Å². The standard InChI is InChI=1S/C11H8F4O3/c12-9(13)11(14,15)10(17)5-7(16)6-3-1-2-4-8(6)18-10/h1-4,9,17H,5H2/t10-/m0/s1. The Kier molecular flexibility index (Phi) is 2.81. The number of hydrogen-bond donors (Lipinski definition) is 1. The number of fused-ring (bicyclic) bond motifs is 1. The monoisotopic (exact) mass is 264 g/mol. The van der Waals surface area contributed by atoms with E-state index in [0.29, 0.717) is 0 Å². The van der Waals surface area contributed by atoms with Gasteiger partial charge >= 0.3 is 12.3 Å². The van der Waals surface area contributed by atoms with Gasteiger partial charge in [0.05, 0.1) is 12.0 Å². The Morgan fingerprint density at radius 3 is 2.56 bits per heavy atom. The Bertz CT molecular complexity index is 489. The molecule has 7 heteroatoms. The number of halogens is 4. The van der Waals surface area contributed by atoms with Gasteiger partial charge in [-0.05, 0) is 12.1 Å². The number of hydrogen-bond acceptors (Lipinski definition) is 3. The molecule has 0 fully saturated rings. The van der Waals surface area contributed by atoms with Crippen molar-refractivity contribution in [3.8, 4) is 5.75 Å². The highest BCUT2D eigenvalue weighted by Gasteiger charge is 2.64. The van der Waals surface area contributed by atoms with E-state index in [-0.39, 0.29) is 11.3 Å². The van der Waals surface area contributed by atoms with Gasteiger partial charge in [-0.2, -0.15) is 8.78 Å². The van der Waals surface area contributed by atoms with Gasteiger partial charge in [-0.15, -0.1) is 0 Å². The van der Waals surface area contributed by atoms with E-state index >= 15 is 0 Å². The SMILES string of the molecule is O=C1C[C@@](O)(C(F)(F)C(F)F)Oc2ccccc21. The summed E-state index contributed by atoms with van der Waals surface area (Å²) in [5.41, 5.74) is -0.0211. The van der Waals surface area contributed by atoms with Crippen LogP contribution in [-0.4, -0.2) is 29.0 Å². The molecule has 1 aromatic carbocycles. The quantitative estimate of drug-likeness (QED) is 0.833. The van der Waals surface area contributed by atoms with Crippen molar-refractivity contribution in [3.63, 3.8) is 0 Å². The Hall–Kier alpha value is -1.63. The van der Waals surface area contributed by atoms with Gasteiger partial charge in [0.15, 0.2) is 5.78 Å². The minimum atomic E-state index is -4.84. The molecule has 0 bridgehead atoms. The van der Waals surface area contributed by atoms with Crippen LogP contribution < -0.4 is 4.74 Å². The number of rotatable bonds is 2. The highest BCUT2D eigenvalue weighted by Crippen LogP contribution is 2.43. The lowest BCUT2D eigenvalue weighted by molar-refractivity contribution is -0.316. The molecular formula is C11H8F4O3. The van der Waals surface area contributed by atoms with Crippen LogP contribution in [0.3, 0.4) is 0 Å². The van der Waals surface area contributed by atoms with Crippen molar-refractivity contribution < 1.29 is 32.2 Å². The fourth-order valence-corrected chi connectivity index (χ4v) is 1.67. The summed E-state index contributed by atoms with van der Waals surface area (Å²) in [4.78, 5) is 11.6. The smallest absolute Gasteiger partial charge is 0.371 e. The average molecular weight is 264 g/mol. The zero-order valence-electron chi connectivity index (χ0n) is 8.87. The number of carbonyl (C=O) groups is 1. The van der Waals surface area contributed by atoms with Crippen molar-refractivity contribution in [3.05, 3.63) is 29.8 Å². The minimum absolute atomic E-state index is 0.0211. The summed E-state index contributed by atoms with van der Waals surface area (Å²) in [5, 5.41) is 9.51. The number of para-hydroxylation sites is 1. The summed E-state index contributed by atoms with van der Waals surface area (Å²) < 4.78 is 55.4. The Morgan fingerprint density at radius 1 is 1.33 bits per heavy atom. The highest BCUT2D eigenvalue weighted by molar-refractivity contribution is 6.00. The van der Waals surface area contributed by atoms with E-state index in [0.717, 1.165) is 6.07 Å². The van der Waals surface area contributed by atoms with Crippen LogP contribution in [-0.2, 0) is 0 Å². The van der Waals surface area contributed by atoms with Crippen LogP contribution in [0.5, 0.6) is 5.75 Å². The fourth-order valence-electron chi connectivity index (χ4n) is 1.67. The molecule has 0 saturated heterocycles. The van der Waals surface area contributed by atoms with Crippen LogP contribution in [0, 0.1) is 0 Å². The molecular weight excluding hydrogens is 256 g/mol. The summed E-state index contributed by atoms with van der Waals surface area (Å²) in [6.45, 7) is 0. The van der Waals surface area contributed by atoms with Gasteiger partial charge in [-0.25, -0.2) is 8.78 Å². The molecule has 1 aliphatic rings. The van der Waals surface area contributed by atoms with E-state index < -0.39 is 30.3 Å². The van der Waals surface area contributed by atoms with Gasteiger partial charge < -0.3 is 9.84 Å². The normalized spacial score (nSPS) is 23.8. The maximum Gasteiger partial charge on any atom is 0.371 e. The third-order valence-corrected chi connectivity index (χ3v) is 2.66. The average Bonchev–Trinajstić information content (AvgIpc) is 2.28. The summed E-state index contributed by atoms with van der Waals surface area (Å²) >= 11 is 0. The fraction of sp³-hybridized carbons (Fsp3) is 0.364. The molecule has 98 valence electrons. The molecule has 0 unspecified atom stereocenters. The lowest BCUT2D eigenvalue weighted by Gasteiger charge is -2.37. The summed E-state index contributed by atoms with van der Waals surface area (Å²) in [6, 6.07) is 5.30. The third kappa shape index (κ3) is 1.74. The summed E-state index contributed by atoms with van der Waals surface area (Å²) in [7, 11) is 0. The first-order valence-corrected chi connectivity index (χ1v) is 4.97. The largest absolute Gasteiger partial charge is 0.454 e. The second-order valence-electron chi connectivity index (χ2n) is 3.91. The number of ether oxygens (including phenoxy) is 1. The number of ketones is 1. The van der Waals surface area contributed by atoms with Crippen LogP contribution in [0.4, 0.5) is 17.6 Å². The zero-order valence-corrected chi connectivity index (χ0v) is 8.87. The van der Waals surface area contributed by atoms with Crippen LogP contribution in [0.15, 0.2) is 24.3 Å². The van der Waals surface area contributed by atoms with Gasteiger partial charge in [0.25, 0.3) is 5.79 Å². The molecule has 18 heavy (non-hydrogen) atoms. The third-order valence-electron chi connectivity index (χ3n) is 2.66. The molecule has 0 radical (unpaired) electrons. The zero-order chi connectivity index (χ0) is 13.6. The highest BCUT2D eigenvalue weighted by atomic mass is 19.3. The van der Waals surface area contributed by atoms with Gasteiger partial charge in [0, 0.05) is 0 Å². The van der Waals surface area contributed by atoms with Crippen molar-refractivity contribution in [1.29, 1.82) is 0 Å². The van der Waals surface area contributed by atoms with E-state index in [1.807, 2.05) is 0 Å². The van der Waals surface area contributed by atoms with Crippen molar-refractivity contribution in [2.75, 3.05) is 0 Å². The molecule has 1 aromatic rings. The lowest BCUT2D eigenvalue weighted by atomic mass is 9.94. The molecule has 1 atom stereocenters. The first-order valence-electron chi connectivity index (χ1n) is 4.97. The Morgan fingerprint density at radius 2 is 1.94 bits per heavy atom. The number of aliphatic hydroxyl groups is 1. The van der Waals surface area contributed by atoms with Gasteiger partial charge in [0.2, 0.25) is 0 Å². The number of benzene rings is 1. The van der Waals surface area contributed by atoms with Gasteiger partial charge in [0.1, 0.15) is 5.75 Å². The number of Topliss-reactive ketones (excluding diaryl/α,β-unsaturated/α-hetero) is 1. The van der Waals surface area contributed by atoms with Gasteiger partial charge in [-0.1, -0.05) is 12.1 Å². The van der Waals surface area contributed by atoms with E-state index in [4.69, 9.17) is 0 Å². The molecule has 2 rings (SSSR count). The first kappa shape index (κ1) is 12.8. The molecule has 1 aliphatic heterocycles. The van der Waals surface area contributed by atoms with Crippen LogP contribution in [0.1, 0.15) is 16.8 Å². The molecule has 3 nitrogen and oxygen atoms in total. The molecule has 1 N–H and O–H groups in total. The van der Waals surface area contributed by atoms with Crippen molar-refractivity contribution in [2.45, 2.75) is 24.6 Å². The molecule has 0 spiro atoms. The molecule has 0 aromatic heterocycles. The first-order chi connectivity index (χ1) is 8.28. The predicted octanol–water partition coefficient (Wildman–Crippen LogP) is 2.24. The van der Waals surface area contributed by atoms with Crippen LogP contribution >= 0.6 is 0 Å². The number of alkyl halides is 4. The summed E-state index contributed by atoms with van der Waals surface area (Å²) in [6.07, 6.45) is -5.36. The Balaban J connectivity index is 2.44. The number of carbonyl (C=O) groups excluding carboxylic acids is 1. The molecule has 0 aliphatic carbocycles. The summed E-state index contributed by atoms with van der Waals surface area (Å²) in [5.74, 6) is -9.57. The second kappa shape index (κ2) is 3.94. The molecule has 1 heterocycles. The van der Waals surface area contributed by atoms with Crippen LogP contribution in [0.25, 0.3) is 0 Å². The topological polar surface area (TPSA) is 46.5 Å². The van der Waals surface area contributed by atoms with E-state index in [9.17, 15) is 27.5 Å². The lowest BCUT2D eigenvalue weighted by Crippen LogP contribution is -2.59. The van der Waals surface area contributed by atoms with Crippen LogP contribution in [0.2, 0.25) is 0 Å². The maximum absolute atomic E-state index is 13.2. The Labute approximate surface area is 99.0 Å². The van der Waals surface area contributed by atoms with Crippen molar-refractivity contribution in [1.82, 2.24) is 0 Å². The van der Waals surface area contributed by atoms with E-state index in [1.165, 1.54) is 18.2 Å². The van der Waals surface area contributed by atoms with E-state index in [1.54, 1.807) is 0 Å². The van der Waals surface area contributed by atoms with Gasteiger partial charge in [-0.3, -0.25) is 4.79 Å². The van der Waals surface area contributed by atoms with E-state index in [2.05, 4.69) is 4.74 Å². The predicted molar refractivity (Wildman–Crippen MR) is 51.9 cm³/mol. The van der Waals surface area contributed by atoms with Crippen molar-refractivity contribution in [2.24, 2.45) is 0 Å². The second-order valence-corrected chi connectivity index (χ2v) is 3.91. The maximum atomic E-state index is 13.2. The molecule has 0 amide bonds. The molecule has 0 saturated carbocycles. The minimum Gasteiger partial charge on any atom is -0.454 e.